The molecule has 2 unspecified atom stereocenters. The molecule has 5 rings (SSSR count). The van der Waals surface area contributed by atoms with Crippen LogP contribution in [0.2, 0.25) is 0 Å². The number of carbonyl (C=O) groups excluding carboxylic acids is 3. The van der Waals surface area contributed by atoms with Crippen molar-refractivity contribution < 1.29 is 19.5 Å². The fourth-order valence-corrected chi connectivity index (χ4v) is 8.55. The van der Waals surface area contributed by atoms with E-state index in [-0.39, 0.29) is 29.6 Å². The first-order valence-corrected chi connectivity index (χ1v) is 13.5. The van der Waals surface area contributed by atoms with E-state index in [0.29, 0.717) is 25.1 Å². The van der Waals surface area contributed by atoms with Crippen LogP contribution in [-0.2, 0) is 14.4 Å². The molecular weight excluding hydrogens is 462 g/mol. The highest BCUT2D eigenvalue weighted by atomic mass is 32.2. The summed E-state index contributed by atoms with van der Waals surface area (Å²) >= 11 is 1.65. The summed E-state index contributed by atoms with van der Waals surface area (Å²) < 4.78 is -0.653. The van der Waals surface area contributed by atoms with Crippen LogP contribution in [-0.4, -0.2) is 63.0 Å². The average molecular weight is 496 g/mol. The molecule has 3 amide bonds. The topological polar surface area (TPSA) is 98.7 Å². The molecule has 8 heteroatoms. The van der Waals surface area contributed by atoms with Crippen molar-refractivity contribution >= 4 is 45.9 Å². The summed E-state index contributed by atoms with van der Waals surface area (Å²) in [5.74, 6) is -1.49. The average Bonchev–Trinajstić information content (AvgIpc) is 3.51. The van der Waals surface area contributed by atoms with Gasteiger partial charge in [-0.2, -0.15) is 0 Å². The van der Waals surface area contributed by atoms with E-state index in [1.807, 2.05) is 56.3 Å². The van der Waals surface area contributed by atoms with Gasteiger partial charge in [-0.15, -0.1) is 11.8 Å². The van der Waals surface area contributed by atoms with Crippen LogP contribution in [0.4, 0.5) is 5.69 Å². The lowest BCUT2D eigenvalue weighted by atomic mass is 9.70. The molecule has 2 aromatic rings. The Morgan fingerprint density at radius 2 is 1.94 bits per heavy atom. The second-order valence-corrected chi connectivity index (χ2v) is 11.5. The Labute approximate surface area is 210 Å². The molecule has 3 aliphatic rings. The number of carbonyl (C=O) groups is 3. The quantitative estimate of drug-likeness (QED) is 0.523. The molecule has 3 heterocycles. The summed E-state index contributed by atoms with van der Waals surface area (Å²) in [6.07, 6.45) is 2.88. The lowest BCUT2D eigenvalue weighted by Crippen LogP contribution is -2.54. The summed E-state index contributed by atoms with van der Waals surface area (Å²) in [7, 11) is 0. The van der Waals surface area contributed by atoms with Crippen LogP contribution in [0, 0.1) is 11.8 Å². The molecule has 6 atom stereocenters. The minimum absolute atomic E-state index is 0.0353. The molecule has 3 fully saturated rings. The first-order chi connectivity index (χ1) is 16.9. The Bertz CT molecular complexity index is 1150. The lowest BCUT2D eigenvalue weighted by Gasteiger charge is -2.36. The fraction of sp³-hybridized carbons (Fsp3) is 0.519. The fourth-order valence-electron chi connectivity index (χ4n) is 6.34. The highest BCUT2D eigenvalue weighted by Gasteiger charge is 2.74. The van der Waals surface area contributed by atoms with Gasteiger partial charge in [0.2, 0.25) is 17.7 Å². The van der Waals surface area contributed by atoms with Gasteiger partial charge < -0.3 is 20.6 Å². The Kier molecular flexibility index (Phi) is 6.53. The minimum atomic E-state index is -0.734. The number of thioether (sulfide) groups is 1. The summed E-state index contributed by atoms with van der Waals surface area (Å²) in [6.45, 7) is 4.27. The number of nitrogens with zero attached hydrogens (tertiary/aromatic N) is 1. The van der Waals surface area contributed by atoms with Crippen molar-refractivity contribution in [2.75, 3.05) is 18.5 Å². The van der Waals surface area contributed by atoms with Crippen LogP contribution in [0.3, 0.4) is 0 Å². The van der Waals surface area contributed by atoms with Crippen LogP contribution in [0.25, 0.3) is 10.8 Å². The minimum Gasteiger partial charge on any atom is -0.394 e. The first kappa shape index (κ1) is 24.1. The predicted molar refractivity (Wildman–Crippen MR) is 138 cm³/mol. The van der Waals surface area contributed by atoms with Crippen LogP contribution < -0.4 is 10.6 Å². The van der Waals surface area contributed by atoms with Crippen molar-refractivity contribution in [1.29, 1.82) is 0 Å². The molecule has 0 aromatic heterocycles. The van der Waals surface area contributed by atoms with Gasteiger partial charge in [0.15, 0.2) is 0 Å². The molecule has 0 radical (unpaired) electrons. The zero-order valence-electron chi connectivity index (χ0n) is 20.2. The molecule has 0 aliphatic carbocycles. The van der Waals surface area contributed by atoms with Crippen LogP contribution >= 0.6 is 11.8 Å². The van der Waals surface area contributed by atoms with Crippen LogP contribution in [0.15, 0.2) is 42.5 Å². The van der Waals surface area contributed by atoms with Gasteiger partial charge in [-0.05, 0) is 48.6 Å². The standard InChI is InChI=1S/C27H33N3O4S/c1-3-13-28-24(32)21-20-11-12-27(35-20)22(21)26(34)30(19(4-2)15-31)23(27)25(33)29-18-10-9-16-7-5-6-8-17(16)14-18/h5-10,14,19-23,31H,3-4,11-13,15H2,1-2H3,(H,28,32)(H,29,33)/t19-,20+,21-,22-,23?,27?/m0/s1. The Morgan fingerprint density at radius 3 is 2.66 bits per heavy atom. The maximum atomic E-state index is 13.9. The zero-order valence-corrected chi connectivity index (χ0v) is 21.0. The second-order valence-electron chi connectivity index (χ2n) is 9.89. The molecule has 35 heavy (non-hydrogen) atoms. The van der Waals surface area contributed by atoms with Crippen molar-refractivity contribution in [2.45, 2.75) is 61.6 Å². The SMILES string of the molecule is CCCNC(=O)[C@@H]1[C@H]2C(=O)N([C@@H](CC)CO)C(C(=O)Nc3ccc4ccccc4c3)C23CC[C@H]1S3. The van der Waals surface area contributed by atoms with Crippen LogP contribution in [0.5, 0.6) is 0 Å². The van der Waals surface area contributed by atoms with E-state index in [2.05, 4.69) is 10.6 Å². The number of aliphatic hydroxyl groups is 1. The first-order valence-electron chi connectivity index (χ1n) is 12.6. The number of anilines is 1. The molecule has 2 bridgehead atoms. The van der Waals surface area contributed by atoms with E-state index in [1.165, 1.54) is 0 Å². The number of amides is 3. The molecule has 0 saturated carbocycles. The maximum absolute atomic E-state index is 13.9. The molecular formula is C27H33N3O4S. The van der Waals surface area contributed by atoms with Gasteiger partial charge in [0.25, 0.3) is 0 Å². The van der Waals surface area contributed by atoms with Crippen molar-refractivity contribution in [3.05, 3.63) is 42.5 Å². The number of likely N-dealkylation sites (tertiary alicyclic amines) is 1. The summed E-state index contributed by atoms with van der Waals surface area (Å²) in [5.41, 5.74) is 0.674. The molecule has 1 spiro atoms. The Balaban J connectivity index is 1.50. The van der Waals surface area contributed by atoms with E-state index < -0.39 is 28.7 Å². The number of rotatable bonds is 8. The molecule has 186 valence electrons. The molecule has 3 N–H and O–H groups in total. The largest absolute Gasteiger partial charge is 0.394 e. The molecule has 7 nitrogen and oxygen atoms in total. The van der Waals surface area contributed by atoms with Gasteiger partial charge in [0, 0.05) is 17.5 Å². The van der Waals surface area contributed by atoms with Crippen molar-refractivity contribution in [3.8, 4) is 0 Å². The summed E-state index contributed by atoms with van der Waals surface area (Å²) in [4.78, 5) is 42.6. The highest BCUT2D eigenvalue weighted by Crippen LogP contribution is 2.66. The molecule has 3 saturated heterocycles. The van der Waals surface area contributed by atoms with E-state index in [4.69, 9.17) is 0 Å². The van der Waals surface area contributed by atoms with Crippen LogP contribution in [0.1, 0.15) is 39.5 Å². The Morgan fingerprint density at radius 1 is 1.17 bits per heavy atom. The predicted octanol–water partition coefficient (Wildman–Crippen LogP) is 3.17. The third-order valence-electron chi connectivity index (χ3n) is 7.93. The summed E-state index contributed by atoms with van der Waals surface area (Å²) in [6, 6.07) is 12.5. The molecule has 3 aliphatic heterocycles. The van der Waals surface area contributed by atoms with Gasteiger partial charge in [0.1, 0.15) is 6.04 Å². The van der Waals surface area contributed by atoms with Gasteiger partial charge in [-0.25, -0.2) is 0 Å². The zero-order chi connectivity index (χ0) is 24.7. The molecule has 2 aromatic carbocycles. The number of aliphatic hydroxyl groups excluding tert-OH is 1. The van der Waals surface area contributed by atoms with E-state index in [9.17, 15) is 19.5 Å². The number of benzene rings is 2. The van der Waals surface area contributed by atoms with Gasteiger partial charge >= 0.3 is 0 Å². The van der Waals surface area contributed by atoms with Crippen molar-refractivity contribution in [3.63, 3.8) is 0 Å². The third kappa shape index (κ3) is 3.82. The lowest BCUT2D eigenvalue weighted by molar-refractivity contribution is -0.142. The van der Waals surface area contributed by atoms with E-state index in [1.54, 1.807) is 16.7 Å². The van der Waals surface area contributed by atoms with E-state index in [0.717, 1.165) is 23.6 Å². The smallest absolute Gasteiger partial charge is 0.248 e. The van der Waals surface area contributed by atoms with Crippen molar-refractivity contribution in [2.24, 2.45) is 11.8 Å². The van der Waals surface area contributed by atoms with Gasteiger partial charge in [-0.1, -0.05) is 44.2 Å². The number of fused-ring (bicyclic) bond motifs is 2. The third-order valence-corrected chi connectivity index (χ3v) is 9.88. The summed E-state index contributed by atoms with van der Waals surface area (Å²) in [5, 5.41) is 18.3. The van der Waals surface area contributed by atoms with Crippen molar-refractivity contribution in [1.82, 2.24) is 10.2 Å². The second kappa shape index (κ2) is 9.47. The highest BCUT2D eigenvalue weighted by molar-refractivity contribution is 8.02. The number of nitrogens with one attached hydrogen (secondary N) is 2. The monoisotopic (exact) mass is 495 g/mol. The number of hydrogen-bond donors (Lipinski definition) is 3. The maximum Gasteiger partial charge on any atom is 0.248 e. The Hall–Kier alpha value is -2.58. The normalized spacial score (nSPS) is 29.9. The van der Waals surface area contributed by atoms with E-state index >= 15 is 0 Å². The number of hydrogen-bond acceptors (Lipinski definition) is 5. The van der Waals surface area contributed by atoms with Gasteiger partial charge in [-0.3, -0.25) is 14.4 Å². The van der Waals surface area contributed by atoms with Gasteiger partial charge in [0.05, 0.1) is 29.2 Å².